The average Bonchev–Trinajstić information content (AvgIpc) is 2.72. The second-order valence-electron chi connectivity index (χ2n) is 3.57. The van der Waals surface area contributed by atoms with Gasteiger partial charge >= 0.3 is 0 Å². The number of hydrogen-bond donors (Lipinski definition) is 0. The highest BCUT2D eigenvalue weighted by Gasteiger charge is 2.19. The molecule has 0 fully saturated rings. The Balaban J connectivity index is 2.52. The van der Waals surface area contributed by atoms with Gasteiger partial charge in [-0.1, -0.05) is 30.8 Å². The lowest BCUT2D eigenvalue weighted by Crippen LogP contribution is -1.98. The molecule has 0 amide bonds. The molecule has 2 aromatic rings. The zero-order chi connectivity index (χ0) is 13.1. The molecule has 0 spiro atoms. The maximum atomic E-state index is 11.0. The quantitative estimate of drug-likeness (QED) is 0.482. The third kappa shape index (κ3) is 2.21. The van der Waals surface area contributed by atoms with Gasteiger partial charge in [-0.3, -0.25) is 10.1 Å². The highest BCUT2D eigenvalue weighted by Crippen LogP contribution is 2.29. The predicted octanol–water partition coefficient (Wildman–Crippen LogP) is 2.50. The van der Waals surface area contributed by atoms with Gasteiger partial charge < -0.3 is 4.57 Å². The van der Waals surface area contributed by atoms with Crippen molar-refractivity contribution in [2.75, 3.05) is 5.75 Å². The minimum Gasteiger partial charge on any atom is -0.305 e. The molecule has 1 heterocycles. The zero-order valence-corrected chi connectivity index (χ0v) is 10.8. The van der Waals surface area contributed by atoms with Gasteiger partial charge in [0.15, 0.2) is 11.0 Å². The molecule has 7 heteroatoms. The Kier molecular flexibility index (Phi) is 3.61. The summed E-state index contributed by atoms with van der Waals surface area (Å²) in [5, 5.41) is 19.8. The molecule has 2 rings (SSSR count). The molecule has 0 aliphatic carbocycles. The van der Waals surface area contributed by atoms with Gasteiger partial charge in [0.05, 0.1) is 10.5 Å². The number of thioether (sulfide) groups is 1. The molecule has 18 heavy (non-hydrogen) atoms. The van der Waals surface area contributed by atoms with Crippen molar-refractivity contribution in [2.24, 2.45) is 7.05 Å². The first-order valence-corrected chi connectivity index (χ1v) is 6.39. The van der Waals surface area contributed by atoms with Crippen molar-refractivity contribution in [1.29, 1.82) is 0 Å². The van der Waals surface area contributed by atoms with Gasteiger partial charge in [-0.15, -0.1) is 10.2 Å². The lowest BCUT2D eigenvalue weighted by molar-refractivity contribution is -0.384. The van der Waals surface area contributed by atoms with Gasteiger partial charge in [0.1, 0.15) is 0 Å². The van der Waals surface area contributed by atoms with Crippen LogP contribution in [0.3, 0.4) is 0 Å². The van der Waals surface area contributed by atoms with Gasteiger partial charge in [-0.05, 0) is 11.8 Å². The predicted molar refractivity (Wildman–Crippen MR) is 69.5 cm³/mol. The normalized spacial score (nSPS) is 10.6. The lowest BCUT2D eigenvalue weighted by atomic mass is 10.1. The molecule has 1 aromatic heterocycles. The monoisotopic (exact) mass is 264 g/mol. The fourth-order valence-electron chi connectivity index (χ4n) is 1.63. The average molecular weight is 264 g/mol. The zero-order valence-electron chi connectivity index (χ0n) is 10.0. The van der Waals surface area contributed by atoms with E-state index in [4.69, 9.17) is 0 Å². The van der Waals surface area contributed by atoms with Crippen molar-refractivity contribution in [2.45, 2.75) is 12.1 Å². The van der Waals surface area contributed by atoms with Gasteiger partial charge in [0, 0.05) is 13.1 Å². The van der Waals surface area contributed by atoms with Crippen LogP contribution in [-0.4, -0.2) is 25.4 Å². The maximum absolute atomic E-state index is 11.0. The highest BCUT2D eigenvalue weighted by atomic mass is 32.2. The van der Waals surface area contributed by atoms with Crippen LogP contribution in [0.15, 0.2) is 29.4 Å². The van der Waals surface area contributed by atoms with Crippen LogP contribution in [0.1, 0.15) is 6.92 Å². The molecule has 0 aliphatic heterocycles. The van der Waals surface area contributed by atoms with Gasteiger partial charge in [-0.25, -0.2) is 0 Å². The first-order chi connectivity index (χ1) is 8.65. The minimum atomic E-state index is -0.406. The summed E-state index contributed by atoms with van der Waals surface area (Å²) in [7, 11) is 1.81. The van der Waals surface area contributed by atoms with Crippen LogP contribution in [0.2, 0.25) is 0 Å². The molecule has 0 atom stereocenters. The van der Waals surface area contributed by atoms with E-state index in [0.717, 1.165) is 10.9 Å². The van der Waals surface area contributed by atoms with Gasteiger partial charge in [-0.2, -0.15) is 0 Å². The Labute approximate surface area is 108 Å². The molecule has 1 aromatic carbocycles. The third-order valence-corrected chi connectivity index (χ3v) is 3.35. The molecule has 94 valence electrons. The third-order valence-electron chi connectivity index (χ3n) is 2.45. The second-order valence-corrected chi connectivity index (χ2v) is 4.80. The van der Waals surface area contributed by atoms with E-state index in [9.17, 15) is 10.1 Å². The number of nitrogens with zero attached hydrogens (tertiary/aromatic N) is 4. The van der Waals surface area contributed by atoms with E-state index >= 15 is 0 Å². The Hall–Kier alpha value is -1.89. The number of benzene rings is 1. The van der Waals surface area contributed by atoms with Crippen molar-refractivity contribution in [3.8, 4) is 11.4 Å². The number of nitro benzene ring substituents is 1. The van der Waals surface area contributed by atoms with Crippen molar-refractivity contribution >= 4 is 17.4 Å². The summed E-state index contributed by atoms with van der Waals surface area (Å²) in [6, 6.07) is 6.54. The molecule has 0 saturated heterocycles. The topological polar surface area (TPSA) is 73.8 Å². The first kappa shape index (κ1) is 12.6. The molecule has 0 radical (unpaired) electrons. The number of hydrogen-bond acceptors (Lipinski definition) is 5. The summed E-state index contributed by atoms with van der Waals surface area (Å²) in [6.07, 6.45) is 0. The van der Waals surface area contributed by atoms with Crippen molar-refractivity contribution in [1.82, 2.24) is 14.8 Å². The Morgan fingerprint density at radius 3 is 2.78 bits per heavy atom. The maximum Gasteiger partial charge on any atom is 0.280 e. The van der Waals surface area contributed by atoms with E-state index in [1.807, 2.05) is 14.0 Å². The van der Waals surface area contributed by atoms with Crippen molar-refractivity contribution < 1.29 is 4.92 Å². The molecule has 0 aliphatic rings. The van der Waals surface area contributed by atoms with Crippen LogP contribution >= 0.6 is 11.8 Å². The van der Waals surface area contributed by atoms with E-state index in [1.54, 1.807) is 34.5 Å². The second kappa shape index (κ2) is 5.18. The van der Waals surface area contributed by atoms with Gasteiger partial charge in [0.25, 0.3) is 5.69 Å². The summed E-state index contributed by atoms with van der Waals surface area (Å²) in [6.45, 7) is 2.02. The van der Waals surface area contributed by atoms with E-state index in [0.29, 0.717) is 11.4 Å². The summed E-state index contributed by atoms with van der Waals surface area (Å²) in [5.41, 5.74) is 0.529. The SMILES string of the molecule is CCSc1nnc(-c2ccccc2[N+](=O)[O-])n1C. The lowest BCUT2D eigenvalue weighted by Gasteiger charge is -2.03. The van der Waals surface area contributed by atoms with Gasteiger partial charge in [0.2, 0.25) is 0 Å². The summed E-state index contributed by atoms with van der Waals surface area (Å²) in [4.78, 5) is 10.6. The van der Waals surface area contributed by atoms with Crippen LogP contribution < -0.4 is 0 Å². The minimum absolute atomic E-state index is 0.0426. The molecule has 0 bridgehead atoms. The standard InChI is InChI=1S/C11H12N4O2S/c1-3-18-11-13-12-10(14(11)2)8-6-4-5-7-9(8)15(16)17/h4-7H,3H2,1-2H3. The van der Waals surface area contributed by atoms with Crippen LogP contribution in [0.5, 0.6) is 0 Å². The largest absolute Gasteiger partial charge is 0.305 e. The van der Waals surface area contributed by atoms with Crippen LogP contribution in [0.4, 0.5) is 5.69 Å². The van der Waals surface area contributed by atoms with Crippen LogP contribution in [0.25, 0.3) is 11.4 Å². The Morgan fingerprint density at radius 1 is 1.39 bits per heavy atom. The van der Waals surface area contributed by atoms with E-state index in [1.165, 1.54) is 6.07 Å². The smallest absolute Gasteiger partial charge is 0.280 e. The Morgan fingerprint density at radius 2 is 2.11 bits per heavy atom. The van der Waals surface area contributed by atoms with E-state index < -0.39 is 4.92 Å². The van der Waals surface area contributed by atoms with Crippen molar-refractivity contribution in [3.05, 3.63) is 34.4 Å². The number of para-hydroxylation sites is 1. The summed E-state index contributed by atoms with van der Waals surface area (Å²) < 4.78 is 1.77. The highest BCUT2D eigenvalue weighted by molar-refractivity contribution is 7.99. The summed E-state index contributed by atoms with van der Waals surface area (Å²) in [5.74, 6) is 1.39. The molecule has 0 saturated carbocycles. The van der Waals surface area contributed by atoms with Crippen LogP contribution in [-0.2, 0) is 7.05 Å². The van der Waals surface area contributed by atoms with E-state index in [-0.39, 0.29) is 5.69 Å². The first-order valence-electron chi connectivity index (χ1n) is 5.41. The molecular formula is C11H12N4O2S. The molecule has 6 nitrogen and oxygen atoms in total. The molecule has 0 unspecified atom stereocenters. The fourth-order valence-corrected chi connectivity index (χ4v) is 2.26. The molecule has 0 N–H and O–H groups in total. The fraction of sp³-hybridized carbons (Fsp3) is 0.273. The number of rotatable bonds is 4. The summed E-state index contributed by atoms with van der Waals surface area (Å²) >= 11 is 1.55. The van der Waals surface area contributed by atoms with Crippen LogP contribution in [0, 0.1) is 10.1 Å². The van der Waals surface area contributed by atoms with E-state index in [2.05, 4.69) is 10.2 Å². The van der Waals surface area contributed by atoms with Crippen molar-refractivity contribution in [3.63, 3.8) is 0 Å². The molecular weight excluding hydrogens is 252 g/mol. The number of nitro groups is 1. The Bertz CT molecular complexity index is 582. The number of aromatic nitrogens is 3.